The van der Waals surface area contributed by atoms with Crippen LogP contribution in [0.15, 0.2) is 24.3 Å². The first kappa shape index (κ1) is 28.0. The van der Waals surface area contributed by atoms with Gasteiger partial charge >= 0.3 is 12.1 Å². The number of hydrogen-bond acceptors (Lipinski definition) is 5. The number of rotatable bonds is 6. The van der Waals surface area contributed by atoms with Gasteiger partial charge in [0.1, 0.15) is 11.5 Å². The third-order valence-corrected chi connectivity index (χ3v) is 6.83. The van der Waals surface area contributed by atoms with Gasteiger partial charge in [0, 0.05) is 38.3 Å². The average Bonchev–Trinajstić information content (AvgIpc) is 2.87. The molecule has 2 heterocycles. The van der Waals surface area contributed by atoms with Crippen LogP contribution < -0.4 is 5.32 Å². The van der Waals surface area contributed by atoms with Crippen molar-refractivity contribution in [3.63, 3.8) is 0 Å². The van der Waals surface area contributed by atoms with Crippen LogP contribution in [-0.4, -0.2) is 77.1 Å². The van der Waals surface area contributed by atoms with Gasteiger partial charge in [0.05, 0.1) is 5.92 Å². The molecule has 0 aliphatic carbocycles. The number of carbonyl (C=O) groups is 4. The molecule has 3 amide bonds. The monoisotopic (exact) mass is 511 g/mol. The number of likely N-dealkylation sites (tertiary alicyclic amines) is 2. The van der Waals surface area contributed by atoms with Crippen molar-refractivity contribution in [2.75, 3.05) is 32.7 Å². The third-order valence-electron chi connectivity index (χ3n) is 6.83. The molecule has 0 unspecified atom stereocenters. The Labute approximate surface area is 218 Å². The first-order valence-corrected chi connectivity index (χ1v) is 12.8. The number of nitrogens with one attached hydrogen (secondary N) is 1. The summed E-state index contributed by atoms with van der Waals surface area (Å²) in [5.74, 6) is -0.587. The van der Waals surface area contributed by atoms with Crippen molar-refractivity contribution in [3.05, 3.63) is 35.4 Å². The van der Waals surface area contributed by atoms with Crippen molar-refractivity contribution in [1.82, 2.24) is 15.1 Å². The lowest BCUT2D eigenvalue weighted by molar-refractivity contribution is -0.139. The molecule has 0 spiro atoms. The molecular weight excluding hydrogens is 474 g/mol. The number of amides is 3. The number of terminal acetylenes is 1. The Hall–Kier alpha value is -3.54. The van der Waals surface area contributed by atoms with Crippen molar-refractivity contribution < 1.29 is 29.0 Å². The first-order chi connectivity index (χ1) is 17.5. The van der Waals surface area contributed by atoms with E-state index in [9.17, 15) is 19.2 Å². The highest BCUT2D eigenvalue weighted by Gasteiger charge is 2.30. The number of aliphatic carboxylic acids is 1. The van der Waals surface area contributed by atoms with Crippen LogP contribution in [0.5, 0.6) is 0 Å². The van der Waals surface area contributed by atoms with Crippen molar-refractivity contribution in [3.8, 4) is 12.3 Å². The normalized spacial score (nSPS) is 19.5. The van der Waals surface area contributed by atoms with Gasteiger partial charge in [0.2, 0.25) is 5.91 Å². The van der Waals surface area contributed by atoms with E-state index in [1.54, 1.807) is 9.80 Å². The number of piperidine rings is 2. The standard InChI is InChI=1S/C28H37N3O6/c1-5-19(26(34)35)17-29-24(32)23-7-6-14-31(18-23)25(33)22-10-8-20(9-11-22)21-12-15-30(16-13-21)27(36)37-28(2,3)4/h1,8-11,19,21,23H,6-7,12-18H2,2-4H3,(H,29,32)(H,34,35)/t19-,23+/m0/s1. The summed E-state index contributed by atoms with van der Waals surface area (Å²) in [4.78, 5) is 52.5. The largest absolute Gasteiger partial charge is 0.480 e. The molecule has 9 nitrogen and oxygen atoms in total. The van der Waals surface area contributed by atoms with Crippen LogP contribution in [0.1, 0.15) is 68.3 Å². The van der Waals surface area contributed by atoms with Crippen molar-refractivity contribution >= 4 is 23.9 Å². The molecule has 2 aliphatic heterocycles. The molecule has 37 heavy (non-hydrogen) atoms. The summed E-state index contributed by atoms with van der Waals surface area (Å²) in [6, 6.07) is 7.60. The zero-order valence-corrected chi connectivity index (χ0v) is 21.9. The fourth-order valence-corrected chi connectivity index (χ4v) is 4.74. The Morgan fingerprint density at radius 3 is 2.30 bits per heavy atom. The lowest BCUT2D eigenvalue weighted by Gasteiger charge is -2.34. The quantitative estimate of drug-likeness (QED) is 0.567. The second-order valence-electron chi connectivity index (χ2n) is 10.8. The number of carboxylic acid groups (broad SMARTS) is 1. The molecule has 2 saturated heterocycles. The molecule has 200 valence electrons. The summed E-state index contributed by atoms with van der Waals surface area (Å²) >= 11 is 0. The summed E-state index contributed by atoms with van der Waals surface area (Å²) < 4.78 is 5.47. The second kappa shape index (κ2) is 12.1. The number of carbonyl (C=O) groups excluding carboxylic acids is 3. The van der Waals surface area contributed by atoms with Crippen LogP contribution in [0, 0.1) is 24.2 Å². The van der Waals surface area contributed by atoms with Gasteiger partial charge in [0.15, 0.2) is 0 Å². The summed E-state index contributed by atoms with van der Waals surface area (Å²) in [5.41, 5.74) is 1.19. The maximum atomic E-state index is 13.1. The van der Waals surface area contributed by atoms with E-state index in [2.05, 4.69) is 11.2 Å². The molecule has 2 atom stereocenters. The van der Waals surface area contributed by atoms with E-state index in [0.29, 0.717) is 44.0 Å². The summed E-state index contributed by atoms with van der Waals surface area (Å²) in [6.07, 6.45) is 7.91. The predicted molar refractivity (Wildman–Crippen MR) is 138 cm³/mol. The molecule has 0 bridgehead atoms. The van der Waals surface area contributed by atoms with Crippen molar-refractivity contribution in [2.24, 2.45) is 11.8 Å². The van der Waals surface area contributed by atoms with Gasteiger partial charge in [-0.1, -0.05) is 18.1 Å². The Kier molecular flexibility index (Phi) is 9.19. The van der Waals surface area contributed by atoms with E-state index >= 15 is 0 Å². The molecule has 0 aromatic heterocycles. The van der Waals surface area contributed by atoms with E-state index in [-0.39, 0.29) is 31.0 Å². The van der Waals surface area contributed by atoms with Gasteiger partial charge in [-0.05, 0) is 70.1 Å². The SMILES string of the molecule is C#C[C@@H](CNC(=O)[C@@H]1CCCN(C(=O)c2ccc(C3CCN(C(=O)OC(C)(C)C)CC3)cc2)C1)C(=O)O. The Morgan fingerprint density at radius 1 is 1.08 bits per heavy atom. The van der Waals surface area contributed by atoms with Crippen LogP contribution >= 0.6 is 0 Å². The highest BCUT2D eigenvalue weighted by Crippen LogP contribution is 2.29. The lowest BCUT2D eigenvalue weighted by atomic mass is 9.89. The average molecular weight is 512 g/mol. The zero-order valence-electron chi connectivity index (χ0n) is 21.9. The van der Waals surface area contributed by atoms with E-state index < -0.39 is 23.4 Å². The minimum absolute atomic E-state index is 0.129. The van der Waals surface area contributed by atoms with Crippen LogP contribution in [-0.2, 0) is 14.3 Å². The fraction of sp³-hybridized carbons (Fsp3) is 0.571. The highest BCUT2D eigenvalue weighted by atomic mass is 16.6. The molecule has 1 aromatic rings. The molecule has 0 saturated carbocycles. The van der Waals surface area contributed by atoms with Crippen LogP contribution in [0.4, 0.5) is 4.79 Å². The van der Waals surface area contributed by atoms with E-state index in [0.717, 1.165) is 18.4 Å². The number of benzene rings is 1. The first-order valence-electron chi connectivity index (χ1n) is 12.8. The third kappa shape index (κ3) is 7.72. The van der Waals surface area contributed by atoms with Crippen LogP contribution in [0.3, 0.4) is 0 Å². The fourth-order valence-electron chi connectivity index (χ4n) is 4.74. The summed E-state index contributed by atoms with van der Waals surface area (Å²) in [7, 11) is 0. The predicted octanol–water partition coefficient (Wildman–Crippen LogP) is 3.10. The summed E-state index contributed by atoms with van der Waals surface area (Å²) in [5, 5.41) is 11.7. The Bertz CT molecular complexity index is 1030. The number of carboxylic acids is 1. The Balaban J connectivity index is 1.52. The maximum Gasteiger partial charge on any atom is 0.410 e. The minimum Gasteiger partial charge on any atom is -0.480 e. The Morgan fingerprint density at radius 2 is 1.73 bits per heavy atom. The minimum atomic E-state index is -1.15. The molecule has 1 aromatic carbocycles. The van der Waals surface area contributed by atoms with E-state index in [1.165, 1.54) is 0 Å². The molecule has 9 heteroatoms. The number of ether oxygens (including phenoxy) is 1. The molecular formula is C28H37N3O6. The van der Waals surface area contributed by atoms with Gasteiger partial charge in [0.25, 0.3) is 5.91 Å². The van der Waals surface area contributed by atoms with Gasteiger partial charge in [-0.2, -0.15) is 0 Å². The van der Waals surface area contributed by atoms with E-state index in [1.807, 2.05) is 45.0 Å². The van der Waals surface area contributed by atoms with Gasteiger partial charge in [-0.3, -0.25) is 14.4 Å². The van der Waals surface area contributed by atoms with Gasteiger partial charge < -0.3 is 25.0 Å². The molecule has 2 fully saturated rings. The molecule has 3 rings (SSSR count). The molecule has 0 radical (unpaired) electrons. The topological polar surface area (TPSA) is 116 Å². The van der Waals surface area contributed by atoms with E-state index in [4.69, 9.17) is 16.3 Å². The lowest BCUT2D eigenvalue weighted by Crippen LogP contribution is -2.46. The van der Waals surface area contributed by atoms with Crippen molar-refractivity contribution in [1.29, 1.82) is 0 Å². The molecule has 2 N–H and O–H groups in total. The van der Waals surface area contributed by atoms with Gasteiger partial charge in [-0.15, -0.1) is 6.42 Å². The van der Waals surface area contributed by atoms with Gasteiger partial charge in [-0.25, -0.2) is 4.79 Å². The zero-order chi connectivity index (χ0) is 27.2. The highest BCUT2D eigenvalue weighted by molar-refractivity contribution is 5.94. The molecule has 2 aliphatic rings. The van der Waals surface area contributed by atoms with Crippen molar-refractivity contribution in [2.45, 2.75) is 58.0 Å². The van der Waals surface area contributed by atoms with Crippen LogP contribution in [0.25, 0.3) is 0 Å². The second-order valence-corrected chi connectivity index (χ2v) is 10.8. The number of nitrogens with zero attached hydrogens (tertiary/aromatic N) is 2. The number of hydrogen-bond donors (Lipinski definition) is 2. The summed E-state index contributed by atoms with van der Waals surface area (Å²) in [6.45, 7) is 7.55. The smallest absolute Gasteiger partial charge is 0.410 e. The van der Waals surface area contributed by atoms with Crippen LogP contribution in [0.2, 0.25) is 0 Å². The maximum absolute atomic E-state index is 13.1.